The van der Waals surface area contributed by atoms with Gasteiger partial charge in [0.25, 0.3) is 0 Å². The smallest absolute Gasteiger partial charge is 0.138 e. The molecule has 3 aromatic carbocycles. The van der Waals surface area contributed by atoms with Gasteiger partial charge in [-0.2, -0.15) is 0 Å². The van der Waals surface area contributed by atoms with E-state index >= 15 is 0 Å². The van der Waals surface area contributed by atoms with Gasteiger partial charge in [-0.05, 0) is 78.1 Å². The molecule has 0 saturated heterocycles. The molecule has 0 spiro atoms. The van der Waals surface area contributed by atoms with Gasteiger partial charge in [0.05, 0.1) is 11.0 Å². The second kappa shape index (κ2) is 5.83. The summed E-state index contributed by atoms with van der Waals surface area (Å²) in [4.78, 5) is 4.79. The Kier molecular flexibility index (Phi) is 3.11. The second-order valence-corrected chi connectivity index (χ2v) is 8.01. The van der Waals surface area contributed by atoms with E-state index in [2.05, 4.69) is 71.1 Å². The first-order chi connectivity index (χ1) is 14.8. The summed E-state index contributed by atoms with van der Waals surface area (Å²) in [5.41, 5.74) is 10.4. The van der Waals surface area contributed by atoms with E-state index in [4.69, 9.17) is 9.40 Å². The van der Waals surface area contributed by atoms with Crippen LogP contribution >= 0.6 is 0 Å². The van der Waals surface area contributed by atoms with Crippen molar-refractivity contribution in [1.29, 1.82) is 0 Å². The molecule has 7 rings (SSSR count). The van der Waals surface area contributed by atoms with Gasteiger partial charge in [-0.15, -0.1) is 0 Å². The zero-order valence-corrected chi connectivity index (χ0v) is 16.3. The lowest BCUT2D eigenvalue weighted by Gasteiger charge is -2.18. The average molecular weight is 386 g/mol. The van der Waals surface area contributed by atoms with Crippen molar-refractivity contribution in [2.45, 2.75) is 12.8 Å². The molecule has 0 saturated carbocycles. The molecule has 3 aromatic heterocycles. The number of pyridine rings is 1. The zero-order chi connectivity index (χ0) is 19.7. The second-order valence-electron chi connectivity index (χ2n) is 8.01. The molecule has 0 N–H and O–H groups in total. The third kappa shape index (κ3) is 2.17. The normalized spacial score (nSPS) is 13.9. The molecule has 0 fully saturated rings. The number of fused-ring (bicyclic) bond motifs is 8. The van der Waals surface area contributed by atoms with Crippen LogP contribution in [-0.4, -0.2) is 9.38 Å². The molecule has 0 radical (unpaired) electrons. The first kappa shape index (κ1) is 16.0. The van der Waals surface area contributed by atoms with Crippen LogP contribution in [0.1, 0.15) is 23.2 Å². The fraction of sp³-hybridized carbons (Fsp3) is 0.0741. The largest absolute Gasteiger partial charge is 0.456 e. The summed E-state index contributed by atoms with van der Waals surface area (Å²) in [5.74, 6) is 0. The average Bonchev–Trinajstić information content (AvgIpc) is 3.36. The number of hydrogen-bond acceptors (Lipinski definition) is 2. The van der Waals surface area contributed by atoms with Gasteiger partial charge in [0, 0.05) is 16.5 Å². The minimum absolute atomic E-state index is 0.946. The standard InChI is InChI=1S/C27H18N2O/c1-4-8-25-20(5-1)21-12-9-18(16-26(21)30-25)17-10-13-23-19(15-17)11-14-27-28-22-6-2-3-7-24(22)29(23)27/h1-9,11-12,14-16H,10,13H2. The van der Waals surface area contributed by atoms with E-state index in [0.29, 0.717) is 0 Å². The minimum Gasteiger partial charge on any atom is -0.456 e. The molecule has 3 heterocycles. The van der Waals surface area contributed by atoms with Crippen molar-refractivity contribution < 1.29 is 4.42 Å². The summed E-state index contributed by atoms with van der Waals surface area (Å²) in [6.07, 6.45) is 4.33. The number of allylic oxidation sites excluding steroid dienone is 1. The molecule has 30 heavy (non-hydrogen) atoms. The third-order valence-electron chi connectivity index (χ3n) is 6.31. The Morgan fingerprint density at radius 1 is 0.767 bits per heavy atom. The maximum atomic E-state index is 6.11. The van der Waals surface area contributed by atoms with Gasteiger partial charge in [-0.1, -0.05) is 36.4 Å². The topological polar surface area (TPSA) is 30.4 Å². The molecule has 0 aliphatic heterocycles. The van der Waals surface area contributed by atoms with E-state index in [1.807, 2.05) is 18.2 Å². The lowest BCUT2D eigenvalue weighted by Crippen LogP contribution is -2.05. The number of furan rings is 1. The van der Waals surface area contributed by atoms with Crippen molar-refractivity contribution in [1.82, 2.24) is 9.38 Å². The quantitative estimate of drug-likeness (QED) is 0.308. The number of rotatable bonds is 1. The Morgan fingerprint density at radius 2 is 1.63 bits per heavy atom. The van der Waals surface area contributed by atoms with Crippen LogP contribution in [0, 0.1) is 0 Å². The van der Waals surface area contributed by atoms with Gasteiger partial charge in [0.15, 0.2) is 0 Å². The first-order valence-electron chi connectivity index (χ1n) is 10.4. The molecule has 0 unspecified atom stereocenters. The van der Waals surface area contributed by atoms with E-state index in [1.54, 1.807) is 0 Å². The summed E-state index contributed by atoms with van der Waals surface area (Å²) < 4.78 is 8.43. The number of nitrogens with zero attached hydrogens (tertiary/aromatic N) is 2. The van der Waals surface area contributed by atoms with Gasteiger partial charge in [0.2, 0.25) is 0 Å². The van der Waals surface area contributed by atoms with Gasteiger partial charge in [0.1, 0.15) is 16.8 Å². The van der Waals surface area contributed by atoms with Crippen molar-refractivity contribution in [3.8, 4) is 0 Å². The lowest BCUT2D eigenvalue weighted by atomic mass is 9.91. The molecule has 0 amide bonds. The van der Waals surface area contributed by atoms with E-state index < -0.39 is 0 Å². The first-order valence-corrected chi connectivity index (χ1v) is 10.4. The van der Waals surface area contributed by atoms with Crippen LogP contribution in [0.25, 0.3) is 50.3 Å². The van der Waals surface area contributed by atoms with Gasteiger partial charge in [-0.3, -0.25) is 4.40 Å². The predicted molar refractivity (Wildman–Crippen MR) is 123 cm³/mol. The number of benzene rings is 3. The maximum absolute atomic E-state index is 6.11. The van der Waals surface area contributed by atoms with Crippen LogP contribution in [0.3, 0.4) is 0 Å². The highest BCUT2D eigenvalue weighted by atomic mass is 16.3. The summed E-state index contributed by atoms with van der Waals surface area (Å²) in [5, 5.41) is 2.36. The maximum Gasteiger partial charge on any atom is 0.138 e. The minimum atomic E-state index is 0.946. The molecule has 1 aliphatic carbocycles. The molecule has 1 aliphatic rings. The molecular formula is C27H18N2O. The lowest BCUT2D eigenvalue weighted by molar-refractivity contribution is 0.669. The van der Waals surface area contributed by atoms with Crippen molar-refractivity contribution in [3.05, 3.63) is 95.7 Å². The number of para-hydroxylation sites is 3. The predicted octanol–water partition coefficient (Wildman–Crippen LogP) is 6.87. The van der Waals surface area contributed by atoms with Crippen LogP contribution < -0.4 is 0 Å². The van der Waals surface area contributed by atoms with Crippen LogP contribution in [0.2, 0.25) is 0 Å². The van der Waals surface area contributed by atoms with Gasteiger partial charge >= 0.3 is 0 Å². The Morgan fingerprint density at radius 3 is 2.63 bits per heavy atom. The van der Waals surface area contributed by atoms with E-state index in [0.717, 1.165) is 35.2 Å². The van der Waals surface area contributed by atoms with E-state index in [-0.39, 0.29) is 0 Å². The Labute approximate surface area is 172 Å². The third-order valence-corrected chi connectivity index (χ3v) is 6.31. The molecule has 3 heteroatoms. The summed E-state index contributed by atoms with van der Waals surface area (Å²) in [6, 6.07) is 27.6. The summed E-state index contributed by atoms with van der Waals surface area (Å²) >= 11 is 0. The van der Waals surface area contributed by atoms with Crippen LogP contribution in [0.5, 0.6) is 0 Å². The zero-order valence-electron chi connectivity index (χ0n) is 16.3. The Hall–Kier alpha value is -3.85. The SMILES string of the molecule is C1=C(c2ccc3c(c2)oc2ccccc23)CCc2c1ccc1nc3ccccc3n21. The highest BCUT2D eigenvalue weighted by Gasteiger charge is 2.18. The summed E-state index contributed by atoms with van der Waals surface area (Å²) in [7, 11) is 0. The molecule has 0 bridgehead atoms. The van der Waals surface area contributed by atoms with Crippen molar-refractivity contribution >= 4 is 50.3 Å². The molecule has 3 nitrogen and oxygen atoms in total. The molecule has 142 valence electrons. The van der Waals surface area contributed by atoms with Crippen LogP contribution in [-0.2, 0) is 6.42 Å². The van der Waals surface area contributed by atoms with Crippen LogP contribution in [0.4, 0.5) is 0 Å². The number of aromatic nitrogens is 2. The van der Waals surface area contributed by atoms with Crippen molar-refractivity contribution in [2.75, 3.05) is 0 Å². The number of aryl methyl sites for hydroxylation is 1. The number of imidazole rings is 1. The fourth-order valence-electron chi connectivity index (χ4n) is 4.88. The van der Waals surface area contributed by atoms with Gasteiger partial charge < -0.3 is 4.42 Å². The highest BCUT2D eigenvalue weighted by Crippen LogP contribution is 2.35. The fourth-order valence-corrected chi connectivity index (χ4v) is 4.88. The van der Waals surface area contributed by atoms with Gasteiger partial charge in [-0.25, -0.2) is 4.98 Å². The number of hydrogen-bond donors (Lipinski definition) is 0. The Bertz CT molecular complexity index is 1650. The molecule has 6 aromatic rings. The molecular weight excluding hydrogens is 368 g/mol. The van der Waals surface area contributed by atoms with E-state index in [1.165, 1.54) is 38.7 Å². The monoisotopic (exact) mass is 386 g/mol. The van der Waals surface area contributed by atoms with Crippen molar-refractivity contribution in [2.24, 2.45) is 0 Å². The Balaban J connectivity index is 1.40. The summed E-state index contributed by atoms with van der Waals surface area (Å²) in [6.45, 7) is 0. The highest BCUT2D eigenvalue weighted by molar-refractivity contribution is 6.05. The van der Waals surface area contributed by atoms with Crippen LogP contribution in [0.15, 0.2) is 83.3 Å². The van der Waals surface area contributed by atoms with Crippen molar-refractivity contribution in [3.63, 3.8) is 0 Å². The molecule has 0 atom stereocenters. The van der Waals surface area contributed by atoms with E-state index in [9.17, 15) is 0 Å².